The lowest BCUT2D eigenvalue weighted by atomic mass is 10.1. The van der Waals surface area contributed by atoms with Crippen LogP contribution >= 0.6 is 0 Å². The topological polar surface area (TPSA) is 0 Å². The molecule has 65 valence electrons. The van der Waals surface area contributed by atoms with Crippen LogP contribution in [0.25, 0.3) is 0 Å². The monoisotopic (exact) mass is 161 g/mol. The molecule has 0 saturated carbocycles. The van der Waals surface area contributed by atoms with Gasteiger partial charge in [-0.25, -0.2) is 0 Å². The summed E-state index contributed by atoms with van der Waals surface area (Å²) in [4.78, 5) is 0. The highest BCUT2D eigenvalue weighted by Crippen LogP contribution is 2.02. The molecule has 0 aliphatic heterocycles. The van der Waals surface area contributed by atoms with Crippen molar-refractivity contribution < 1.29 is 0 Å². The van der Waals surface area contributed by atoms with Gasteiger partial charge in [-0.3, -0.25) is 0 Å². The van der Waals surface area contributed by atoms with Gasteiger partial charge in [0.15, 0.2) is 0 Å². The number of hydrogen-bond acceptors (Lipinski definition) is 0. The third-order valence-corrected chi connectivity index (χ3v) is 1.92. The highest BCUT2D eigenvalue weighted by atomic mass is 13.9. The SMILES string of the molecule is [C]1=C\CCC/C=C/C/C=C\CC/1. The fourth-order valence-corrected chi connectivity index (χ4v) is 1.22. The smallest absolute Gasteiger partial charge is 0.0169 e. The van der Waals surface area contributed by atoms with Gasteiger partial charge >= 0.3 is 0 Å². The standard InChI is InChI=1S/C12H17/c1-2-4-6-8-10-12-11-9-7-5-3-1/h1-2,5,7,10H,3-4,6,8-9,11H2/b2-1+,7-5-,12-10?. The molecule has 12 heavy (non-hydrogen) atoms. The molecule has 0 saturated heterocycles. The maximum atomic E-state index is 3.30. The zero-order valence-electron chi connectivity index (χ0n) is 7.63. The largest absolute Gasteiger partial charge is 0.0882 e. The van der Waals surface area contributed by atoms with Crippen molar-refractivity contribution in [2.75, 3.05) is 0 Å². The minimum absolute atomic E-state index is 1.08. The van der Waals surface area contributed by atoms with E-state index in [2.05, 4.69) is 36.5 Å². The van der Waals surface area contributed by atoms with Gasteiger partial charge in [0.05, 0.1) is 0 Å². The Bertz CT molecular complexity index is 172. The van der Waals surface area contributed by atoms with Gasteiger partial charge < -0.3 is 0 Å². The van der Waals surface area contributed by atoms with Crippen LogP contribution in [0.5, 0.6) is 0 Å². The minimum Gasteiger partial charge on any atom is -0.0882 e. The Morgan fingerprint density at radius 1 is 0.833 bits per heavy atom. The quantitative estimate of drug-likeness (QED) is 0.474. The van der Waals surface area contributed by atoms with E-state index >= 15 is 0 Å². The van der Waals surface area contributed by atoms with E-state index in [1.54, 1.807) is 0 Å². The van der Waals surface area contributed by atoms with E-state index in [0.29, 0.717) is 0 Å². The van der Waals surface area contributed by atoms with Crippen molar-refractivity contribution in [1.82, 2.24) is 0 Å². The molecular formula is C12H17. The zero-order chi connectivity index (χ0) is 8.49. The molecule has 0 aromatic rings. The molecule has 0 amide bonds. The number of hydrogen-bond donors (Lipinski definition) is 0. The Morgan fingerprint density at radius 2 is 1.67 bits per heavy atom. The molecule has 1 aliphatic carbocycles. The lowest BCUT2D eigenvalue weighted by molar-refractivity contribution is 0.855. The van der Waals surface area contributed by atoms with Gasteiger partial charge in [0.2, 0.25) is 0 Å². The summed E-state index contributed by atoms with van der Waals surface area (Å²) in [5.74, 6) is 0. The van der Waals surface area contributed by atoms with E-state index < -0.39 is 0 Å². The van der Waals surface area contributed by atoms with Gasteiger partial charge in [0, 0.05) is 0 Å². The van der Waals surface area contributed by atoms with Gasteiger partial charge in [0.1, 0.15) is 0 Å². The van der Waals surface area contributed by atoms with E-state index in [1.807, 2.05) is 0 Å². The predicted octanol–water partition coefficient (Wildman–Crippen LogP) is 3.81. The summed E-state index contributed by atoms with van der Waals surface area (Å²) in [5.41, 5.74) is 0. The molecule has 0 atom stereocenters. The van der Waals surface area contributed by atoms with Gasteiger partial charge in [-0.2, -0.15) is 0 Å². The van der Waals surface area contributed by atoms with Crippen molar-refractivity contribution in [1.29, 1.82) is 0 Å². The summed E-state index contributed by atoms with van der Waals surface area (Å²) in [5, 5.41) is 0. The van der Waals surface area contributed by atoms with Crippen molar-refractivity contribution in [3.8, 4) is 0 Å². The molecule has 0 N–H and O–H groups in total. The van der Waals surface area contributed by atoms with E-state index in [9.17, 15) is 0 Å². The Kier molecular flexibility index (Phi) is 5.35. The Morgan fingerprint density at radius 3 is 2.58 bits per heavy atom. The van der Waals surface area contributed by atoms with E-state index in [1.165, 1.54) is 19.3 Å². The Balaban J connectivity index is 2.30. The Labute approximate surface area is 75.7 Å². The van der Waals surface area contributed by atoms with Crippen LogP contribution in [0.2, 0.25) is 0 Å². The summed E-state index contributed by atoms with van der Waals surface area (Å²) in [6.07, 6.45) is 21.5. The predicted molar refractivity (Wildman–Crippen MR) is 53.8 cm³/mol. The number of rotatable bonds is 0. The highest BCUT2D eigenvalue weighted by molar-refractivity contribution is 4.94. The summed E-state index contributed by atoms with van der Waals surface area (Å²) >= 11 is 0. The van der Waals surface area contributed by atoms with Crippen LogP contribution in [-0.2, 0) is 0 Å². The van der Waals surface area contributed by atoms with Crippen LogP contribution in [0.1, 0.15) is 38.5 Å². The van der Waals surface area contributed by atoms with E-state index in [4.69, 9.17) is 0 Å². The first-order valence-corrected chi connectivity index (χ1v) is 4.85. The van der Waals surface area contributed by atoms with Gasteiger partial charge in [-0.15, -0.1) is 0 Å². The van der Waals surface area contributed by atoms with Crippen LogP contribution in [0.15, 0.2) is 30.4 Å². The van der Waals surface area contributed by atoms with Crippen molar-refractivity contribution in [3.63, 3.8) is 0 Å². The second-order valence-corrected chi connectivity index (χ2v) is 3.06. The average molecular weight is 161 g/mol. The van der Waals surface area contributed by atoms with Gasteiger partial charge in [0.25, 0.3) is 0 Å². The first-order valence-electron chi connectivity index (χ1n) is 4.85. The first-order chi connectivity index (χ1) is 6.00. The molecular weight excluding hydrogens is 144 g/mol. The lowest BCUT2D eigenvalue weighted by Crippen LogP contribution is -1.73. The third-order valence-electron chi connectivity index (χ3n) is 1.92. The molecule has 0 fully saturated rings. The van der Waals surface area contributed by atoms with Gasteiger partial charge in [-0.05, 0) is 44.6 Å². The van der Waals surface area contributed by atoms with Crippen LogP contribution in [0, 0.1) is 6.08 Å². The molecule has 1 radical (unpaired) electrons. The van der Waals surface area contributed by atoms with Crippen molar-refractivity contribution >= 4 is 0 Å². The molecule has 0 nitrogen and oxygen atoms in total. The minimum atomic E-state index is 1.08. The zero-order valence-corrected chi connectivity index (χ0v) is 7.63. The fraction of sp³-hybridized carbons (Fsp3) is 0.500. The maximum absolute atomic E-state index is 3.30. The molecule has 0 bridgehead atoms. The van der Waals surface area contributed by atoms with Crippen LogP contribution < -0.4 is 0 Å². The van der Waals surface area contributed by atoms with Crippen molar-refractivity contribution in [3.05, 3.63) is 36.5 Å². The fourth-order valence-electron chi connectivity index (χ4n) is 1.22. The molecule has 0 heterocycles. The van der Waals surface area contributed by atoms with Crippen LogP contribution in [-0.4, -0.2) is 0 Å². The molecule has 0 heteroatoms. The van der Waals surface area contributed by atoms with Crippen LogP contribution in [0.3, 0.4) is 0 Å². The lowest BCUT2D eigenvalue weighted by Gasteiger charge is -1.92. The van der Waals surface area contributed by atoms with Crippen LogP contribution in [0.4, 0.5) is 0 Å². The van der Waals surface area contributed by atoms with E-state index in [-0.39, 0.29) is 0 Å². The number of allylic oxidation sites excluding steroid dienone is 6. The molecule has 0 aromatic heterocycles. The van der Waals surface area contributed by atoms with E-state index in [0.717, 1.165) is 19.3 Å². The second-order valence-electron chi connectivity index (χ2n) is 3.06. The molecule has 1 aliphatic rings. The molecule has 0 unspecified atom stereocenters. The average Bonchev–Trinajstić information content (AvgIpc) is 2.05. The normalized spacial score (nSPS) is 28.0. The highest BCUT2D eigenvalue weighted by Gasteiger charge is 1.83. The van der Waals surface area contributed by atoms with Crippen molar-refractivity contribution in [2.45, 2.75) is 38.5 Å². The first kappa shape index (κ1) is 9.31. The summed E-state index contributed by atoms with van der Waals surface area (Å²) in [7, 11) is 0. The molecule has 1 rings (SSSR count). The molecule has 0 spiro atoms. The second kappa shape index (κ2) is 6.90. The Hall–Kier alpha value is -0.780. The third kappa shape index (κ3) is 4.95. The molecule has 0 aromatic carbocycles. The summed E-state index contributed by atoms with van der Waals surface area (Å²) in [6, 6.07) is 0. The van der Waals surface area contributed by atoms with Gasteiger partial charge in [-0.1, -0.05) is 30.4 Å². The summed E-state index contributed by atoms with van der Waals surface area (Å²) in [6.45, 7) is 0. The summed E-state index contributed by atoms with van der Waals surface area (Å²) < 4.78 is 0. The van der Waals surface area contributed by atoms with Crippen molar-refractivity contribution in [2.24, 2.45) is 0 Å². The maximum Gasteiger partial charge on any atom is -0.0169 e.